The lowest BCUT2D eigenvalue weighted by molar-refractivity contribution is 0.210. The molecule has 1 aliphatic rings. The van der Waals surface area contributed by atoms with Crippen LogP contribution in [0.4, 0.5) is 0 Å². The molecule has 74 valence electrons. The van der Waals surface area contributed by atoms with Gasteiger partial charge in [-0.15, -0.1) is 0 Å². The fraction of sp³-hybridized carbons (Fsp3) is 0.500. The van der Waals surface area contributed by atoms with Crippen molar-refractivity contribution in [3.05, 3.63) is 36.6 Å². The van der Waals surface area contributed by atoms with Crippen LogP contribution >= 0.6 is 0 Å². The summed E-state index contributed by atoms with van der Waals surface area (Å²) in [5.41, 5.74) is 1.02. The molecule has 0 radical (unpaired) electrons. The van der Waals surface area contributed by atoms with Crippen LogP contribution < -0.4 is 0 Å². The minimum absolute atomic E-state index is 0.442. The maximum atomic E-state index is 5.39. The van der Waals surface area contributed by atoms with Gasteiger partial charge in [0.05, 0.1) is 6.10 Å². The van der Waals surface area contributed by atoms with E-state index in [0.29, 0.717) is 6.10 Å². The Labute approximate surface area is 81.8 Å². The third-order valence-corrected chi connectivity index (χ3v) is 1.40. The van der Waals surface area contributed by atoms with E-state index in [9.17, 15) is 0 Å². The highest BCUT2D eigenvalue weighted by Crippen LogP contribution is 2.25. The van der Waals surface area contributed by atoms with Crippen LogP contribution in [0, 0.1) is 0 Å². The molecule has 0 aromatic carbocycles. The highest BCUT2D eigenvalue weighted by Gasteiger charge is 2.22. The van der Waals surface area contributed by atoms with Gasteiger partial charge in [0.15, 0.2) is 0 Å². The van der Waals surface area contributed by atoms with Gasteiger partial charge >= 0.3 is 0 Å². The first-order valence-corrected chi connectivity index (χ1v) is 4.87. The first kappa shape index (κ1) is 12.0. The van der Waals surface area contributed by atoms with Crippen molar-refractivity contribution in [3.63, 3.8) is 0 Å². The zero-order valence-electron chi connectivity index (χ0n) is 8.97. The SMILES string of the molecule is C=C(C)/C=C\C(=C)OC1CC1.CC. The normalized spacial score (nSPS) is 14.7. The van der Waals surface area contributed by atoms with E-state index in [1.165, 1.54) is 12.8 Å². The van der Waals surface area contributed by atoms with Gasteiger partial charge in [-0.05, 0) is 25.8 Å². The minimum atomic E-state index is 0.442. The van der Waals surface area contributed by atoms with Crippen LogP contribution in [0.1, 0.15) is 33.6 Å². The van der Waals surface area contributed by atoms with E-state index in [4.69, 9.17) is 4.74 Å². The van der Waals surface area contributed by atoms with E-state index in [-0.39, 0.29) is 0 Å². The van der Waals surface area contributed by atoms with Crippen molar-refractivity contribution in [1.29, 1.82) is 0 Å². The molecular formula is C12H20O. The summed E-state index contributed by atoms with van der Waals surface area (Å²) in [6.45, 7) is 13.4. The molecule has 0 unspecified atom stereocenters. The highest BCUT2D eigenvalue weighted by molar-refractivity contribution is 5.19. The second-order valence-corrected chi connectivity index (χ2v) is 2.96. The molecule has 0 bridgehead atoms. The van der Waals surface area contributed by atoms with E-state index < -0.39 is 0 Å². The van der Waals surface area contributed by atoms with E-state index >= 15 is 0 Å². The van der Waals surface area contributed by atoms with Crippen molar-refractivity contribution in [1.82, 2.24) is 0 Å². The van der Waals surface area contributed by atoms with Crippen molar-refractivity contribution >= 4 is 0 Å². The van der Waals surface area contributed by atoms with Crippen LogP contribution in [-0.2, 0) is 4.74 Å². The van der Waals surface area contributed by atoms with Crippen LogP contribution in [0.15, 0.2) is 36.6 Å². The van der Waals surface area contributed by atoms with Gasteiger partial charge in [0.1, 0.15) is 5.76 Å². The molecule has 0 aromatic heterocycles. The molecule has 1 saturated carbocycles. The lowest BCUT2D eigenvalue weighted by Crippen LogP contribution is -1.89. The summed E-state index contributed by atoms with van der Waals surface area (Å²) in [7, 11) is 0. The monoisotopic (exact) mass is 180 g/mol. The molecule has 1 aliphatic carbocycles. The molecule has 0 N–H and O–H groups in total. The van der Waals surface area contributed by atoms with Crippen LogP contribution in [0.3, 0.4) is 0 Å². The third-order valence-electron chi connectivity index (χ3n) is 1.40. The second kappa shape index (κ2) is 6.53. The van der Waals surface area contributed by atoms with E-state index in [2.05, 4.69) is 13.2 Å². The fourth-order valence-electron chi connectivity index (χ4n) is 0.674. The number of hydrogen-bond acceptors (Lipinski definition) is 1. The first-order valence-electron chi connectivity index (χ1n) is 4.87. The predicted octanol–water partition coefficient (Wildman–Crippen LogP) is 3.84. The topological polar surface area (TPSA) is 9.23 Å². The Morgan fingerprint density at radius 2 is 1.77 bits per heavy atom. The average Bonchev–Trinajstić information content (AvgIpc) is 2.89. The number of ether oxygens (including phenoxy) is 1. The van der Waals surface area contributed by atoms with Gasteiger partial charge in [0, 0.05) is 0 Å². The Hall–Kier alpha value is -0.980. The van der Waals surface area contributed by atoms with Gasteiger partial charge in [-0.1, -0.05) is 38.7 Å². The maximum absolute atomic E-state index is 5.39. The van der Waals surface area contributed by atoms with Gasteiger partial charge in [-0.2, -0.15) is 0 Å². The van der Waals surface area contributed by atoms with Crippen LogP contribution in [0.25, 0.3) is 0 Å². The fourth-order valence-corrected chi connectivity index (χ4v) is 0.674. The average molecular weight is 180 g/mol. The molecule has 0 saturated heterocycles. The molecule has 1 heteroatoms. The Balaban J connectivity index is 0.000000671. The maximum Gasteiger partial charge on any atom is 0.112 e. The van der Waals surface area contributed by atoms with E-state index in [0.717, 1.165) is 11.3 Å². The summed E-state index contributed by atoms with van der Waals surface area (Å²) in [5, 5.41) is 0. The summed E-state index contributed by atoms with van der Waals surface area (Å²) < 4.78 is 5.39. The molecule has 0 aliphatic heterocycles. The van der Waals surface area contributed by atoms with E-state index in [1.807, 2.05) is 32.9 Å². The standard InChI is InChI=1S/C10H14O.C2H6/c1-8(2)4-5-9(3)11-10-6-7-10;1-2/h4-5,10H,1,3,6-7H2,2H3;1-2H3/b5-4-;. The van der Waals surface area contributed by atoms with Crippen LogP contribution in [-0.4, -0.2) is 6.10 Å². The molecule has 13 heavy (non-hydrogen) atoms. The lowest BCUT2D eigenvalue weighted by atomic mass is 10.3. The number of rotatable bonds is 4. The largest absolute Gasteiger partial charge is 0.491 e. The smallest absolute Gasteiger partial charge is 0.112 e. The Morgan fingerprint density at radius 3 is 2.15 bits per heavy atom. The Kier molecular flexibility index (Phi) is 6.03. The predicted molar refractivity (Wildman–Crippen MR) is 58.5 cm³/mol. The van der Waals surface area contributed by atoms with Crippen molar-refractivity contribution in [2.75, 3.05) is 0 Å². The molecule has 1 nitrogen and oxygen atoms in total. The zero-order chi connectivity index (χ0) is 10.3. The summed E-state index contributed by atoms with van der Waals surface area (Å²) in [4.78, 5) is 0. The molecule has 0 spiro atoms. The van der Waals surface area contributed by atoms with Crippen molar-refractivity contribution < 1.29 is 4.74 Å². The van der Waals surface area contributed by atoms with Crippen molar-refractivity contribution in [2.24, 2.45) is 0 Å². The summed E-state index contributed by atoms with van der Waals surface area (Å²) in [5.74, 6) is 0.746. The summed E-state index contributed by atoms with van der Waals surface area (Å²) in [6.07, 6.45) is 6.57. The van der Waals surface area contributed by atoms with E-state index in [1.54, 1.807) is 0 Å². The Morgan fingerprint density at radius 1 is 1.23 bits per heavy atom. The van der Waals surface area contributed by atoms with Gasteiger partial charge in [-0.25, -0.2) is 0 Å². The summed E-state index contributed by atoms with van der Waals surface area (Å²) >= 11 is 0. The zero-order valence-corrected chi connectivity index (χ0v) is 8.97. The molecule has 1 fully saturated rings. The first-order chi connectivity index (χ1) is 6.18. The summed E-state index contributed by atoms with van der Waals surface area (Å²) in [6, 6.07) is 0. The number of allylic oxidation sites excluding steroid dienone is 3. The van der Waals surface area contributed by atoms with Crippen LogP contribution in [0.5, 0.6) is 0 Å². The molecule has 0 aromatic rings. The molecule has 0 heterocycles. The number of hydrogen-bond donors (Lipinski definition) is 0. The van der Waals surface area contributed by atoms with Crippen molar-refractivity contribution in [3.8, 4) is 0 Å². The molecule has 0 amide bonds. The lowest BCUT2D eigenvalue weighted by Gasteiger charge is -2.01. The highest BCUT2D eigenvalue weighted by atomic mass is 16.5. The van der Waals surface area contributed by atoms with Crippen molar-refractivity contribution in [2.45, 2.75) is 39.7 Å². The van der Waals surface area contributed by atoms with Crippen LogP contribution in [0.2, 0.25) is 0 Å². The third kappa shape index (κ3) is 7.38. The molecule has 1 rings (SSSR count). The minimum Gasteiger partial charge on any atom is -0.491 e. The quantitative estimate of drug-likeness (QED) is 0.472. The van der Waals surface area contributed by atoms with Gasteiger partial charge in [0.2, 0.25) is 0 Å². The molecular weight excluding hydrogens is 160 g/mol. The molecule has 0 atom stereocenters. The van der Waals surface area contributed by atoms with Gasteiger partial charge < -0.3 is 4.74 Å². The van der Waals surface area contributed by atoms with Gasteiger partial charge in [0.25, 0.3) is 0 Å². The van der Waals surface area contributed by atoms with Gasteiger partial charge in [-0.3, -0.25) is 0 Å². The second-order valence-electron chi connectivity index (χ2n) is 2.96. The Bertz CT molecular complexity index is 197.